The summed E-state index contributed by atoms with van der Waals surface area (Å²) in [6.45, 7) is 0.879. The normalized spacial score (nSPS) is 10.5. The van der Waals surface area contributed by atoms with E-state index in [9.17, 15) is 0 Å². The molecule has 1 aromatic carbocycles. The van der Waals surface area contributed by atoms with Crippen LogP contribution in [0.3, 0.4) is 0 Å². The molecule has 0 aliphatic carbocycles. The molecule has 0 spiro atoms. The maximum absolute atomic E-state index is 6.16. The topological polar surface area (TPSA) is 47.0 Å². The summed E-state index contributed by atoms with van der Waals surface area (Å²) in [5.74, 6) is 1.21. The zero-order chi connectivity index (χ0) is 13.7. The third-order valence-electron chi connectivity index (χ3n) is 2.42. The molecule has 100 valence electrons. The molecule has 4 nitrogen and oxygen atoms in total. The summed E-state index contributed by atoms with van der Waals surface area (Å²) < 4.78 is 5.71. The number of nitrogens with one attached hydrogen (secondary N) is 1. The number of rotatable bonds is 5. The maximum Gasteiger partial charge on any atom is 0.166 e. The lowest BCUT2D eigenvalue weighted by atomic mass is 10.2. The molecule has 1 aromatic heterocycles. The summed E-state index contributed by atoms with van der Waals surface area (Å²) >= 11 is 12.1. The van der Waals surface area contributed by atoms with Gasteiger partial charge in [0.1, 0.15) is 12.4 Å². The van der Waals surface area contributed by atoms with Gasteiger partial charge in [0.2, 0.25) is 0 Å². The van der Waals surface area contributed by atoms with E-state index < -0.39 is 0 Å². The van der Waals surface area contributed by atoms with Crippen molar-refractivity contribution in [2.75, 3.05) is 7.05 Å². The molecule has 0 saturated heterocycles. The van der Waals surface area contributed by atoms with Gasteiger partial charge in [-0.3, -0.25) is 0 Å². The molecule has 2 rings (SSSR count). The van der Waals surface area contributed by atoms with Crippen LogP contribution in [0.2, 0.25) is 10.0 Å². The highest BCUT2D eigenvalue weighted by molar-refractivity contribution is 6.35. The second-order valence-electron chi connectivity index (χ2n) is 3.86. The highest BCUT2D eigenvalue weighted by atomic mass is 35.5. The van der Waals surface area contributed by atoms with E-state index >= 15 is 0 Å². The average Bonchev–Trinajstić information content (AvgIpc) is 2.39. The molecule has 0 radical (unpaired) electrons. The van der Waals surface area contributed by atoms with E-state index in [2.05, 4.69) is 15.3 Å². The summed E-state index contributed by atoms with van der Waals surface area (Å²) in [6, 6.07) is 5.24. The van der Waals surface area contributed by atoms with Gasteiger partial charge >= 0.3 is 0 Å². The van der Waals surface area contributed by atoms with Gasteiger partial charge in [0.25, 0.3) is 0 Å². The van der Waals surface area contributed by atoms with Crippen molar-refractivity contribution < 1.29 is 4.74 Å². The lowest BCUT2D eigenvalue weighted by Crippen LogP contribution is -2.09. The number of ether oxygens (including phenoxy) is 1. The Morgan fingerprint density at radius 3 is 2.63 bits per heavy atom. The monoisotopic (exact) mass is 297 g/mol. The quantitative estimate of drug-likeness (QED) is 0.921. The fraction of sp³-hybridized carbons (Fsp3) is 0.231. The van der Waals surface area contributed by atoms with Crippen molar-refractivity contribution in [3.8, 4) is 5.75 Å². The van der Waals surface area contributed by atoms with Gasteiger partial charge in [-0.2, -0.15) is 0 Å². The molecule has 1 N–H and O–H groups in total. The first-order chi connectivity index (χ1) is 9.20. The Kier molecular flexibility index (Phi) is 4.96. The van der Waals surface area contributed by atoms with E-state index in [0.717, 1.165) is 5.56 Å². The van der Waals surface area contributed by atoms with Gasteiger partial charge in [-0.25, -0.2) is 9.97 Å². The van der Waals surface area contributed by atoms with Crippen LogP contribution in [0.15, 0.2) is 30.6 Å². The lowest BCUT2D eigenvalue weighted by molar-refractivity contribution is 0.292. The molecule has 2 aromatic rings. The van der Waals surface area contributed by atoms with Crippen molar-refractivity contribution in [1.29, 1.82) is 0 Å². The van der Waals surface area contributed by atoms with Gasteiger partial charge in [-0.1, -0.05) is 23.2 Å². The summed E-state index contributed by atoms with van der Waals surface area (Å²) in [6.07, 6.45) is 3.34. The molecule has 0 aliphatic heterocycles. The largest absolute Gasteiger partial charge is 0.484 e. The first-order valence-corrected chi connectivity index (χ1v) is 6.47. The van der Waals surface area contributed by atoms with Gasteiger partial charge < -0.3 is 10.1 Å². The number of hydrogen-bond donors (Lipinski definition) is 1. The van der Waals surface area contributed by atoms with Crippen LogP contribution in [0.25, 0.3) is 0 Å². The molecular weight excluding hydrogens is 285 g/mol. The van der Waals surface area contributed by atoms with Crippen molar-refractivity contribution >= 4 is 23.2 Å². The number of halogens is 2. The van der Waals surface area contributed by atoms with Crippen LogP contribution in [-0.2, 0) is 13.2 Å². The number of nitrogens with zero attached hydrogens (tertiary/aromatic N) is 2. The first-order valence-electron chi connectivity index (χ1n) is 5.72. The molecule has 0 bridgehead atoms. The zero-order valence-corrected chi connectivity index (χ0v) is 11.9. The van der Waals surface area contributed by atoms with Crippen LogP contribution in [0.4, 0.5) is 0 Å². The van der Waals surface area contributed by atoms with Crippen molar-refractivity contribution in [1.82, 2.24) is 15.3 Å². The lowest BCUT2D eigenvalue weighted by Gasteiger charge is -2.13. The molecule has 6 heteroatoms. The summed E-state index contributed by atoms with van der Waals surface area (Å²) in [4.78, 5) is 8.19. The van der Waals surface area contributed by atoms with Crippen LogP contribution in [-0.4, -0.2) is 17.0 Å². The first kappa shape index (κ1) is 14.1. The maximum atomic E-state index is 6.16. The summed E-state index contributed by atoms with van der Waals surface area (Å²) in [5.41, 5.74) is 0.899. The molecule has 19 heavy (non-hydrogen) atoms. The molecule has 0 fully saturated rings. The van der Waals surface area contributed by atoms with Crippen LogP contribution in [0.5, 0.6) is 5.75 Å². The van der Waals surface area contributed by atoms with Crippen LogP contribution in [0, 0.1) is 0 Å². The van der Waals surface area contributed by atoms with E-state index in [1.165, 1.54) is 0 Å². The van der Waals surface area contributed by atoms with E-state index in [-0.39, 0.29) is 6.61 Å². The third kappa shape index (κ3) is 3.80. The van der Waals surface area contributed by atoms with Crippen molar-refractivity contribution in [3.05, 3.63) is 52.0 Å². The van der Waals surface area contributed by atoms with E-state index in [4.69, 9.17) is 27.9 Å². The van der Waals surface area contributed by atoms with Gasteiger partial charge in [0, 0.05) is 29.5 Å². The minimum Gasteiger partial charge on any atom is -0.484 e. The number of hydrogen-bond acceptors (Lipinski definition) is 4. The number of benzene rings is 1. The van der Waals surface area contributed by atoms with Gasteiger partial charge in [0.15, 0.2) is 5.82 Å². The van der Waals surface area contributed by atoms with Gasteiger partial charge in [-0.05, 0) is 25.2 Å². The second-order valence-corrected chi connectivity index (χ2v) is 4.70. The van der Waals surface area contributed by atoms with Crippen LogP contribution in [0.1, 0.15) is 11.4 Å². The Hall–Kier alpha value is -1.36. The van der Waals surface area contributed by atoms with E-state index in [1.807, 2.05) is 13.1 Å². The van der Waals surface area contributed by atoms with Gasteiger partial charge in [-0.15, -0.1) is 0 Å². The molecule has 1 heterocycles. The Bertz CT molecular complexity index is 549. The Morgan fingerprint density at radius 2 is 1.95 bits per heavy atom. The molecule has 0 saturated carbocycles. The third-order valence-corrected chi connectivity index (χ3v) is 2.92. The van der Waals surface area contributed by atoms with E-state index in [0.29, 0.717) is 28.2 Å². The smallest absolute Gasteiger partial charge is 0.166 e. The molecule has 0 unspecified atom stereocenters. The van der Waals surface area contributed by atoms with Crippen LogP contribution < -0.4 is 10.1 Å². The highest BCUT2D eigenvalue weighted by Crippen LogP contribution is 2.32. The van der Waals surface area contributed by atoms with Crippen molar-refractivity contribution in [2.24, 2.45) is 0 Å². The molecular formula is C13H13Cl2N3O. The Morgan fingerprint density at radius 1 is 1.21 bits per heavy atom. The Labute approximate surface area is 121 Å². The molecule has 0 atom stereocenters. The fourth-order valence-electron chi connectivity index (χ4n) is 1.64. The standard InChI is InChI=1S/C13H13Cl2N3O/c1-16-7-9-5-10(14)6-11(15)13(9)19-8-12-17-3-2-4-18-12/h2-6,16H,7-8H2,1H3. The highest BCUT2D eigenvalue weighted by Gasteiger charge is 2.11. The van der Waals surface area contributed by atoms with E-state index in [1.54, 1.807) is 24.5 Å². The van der Waals surface area contributed by atoms with Crippen LogP contribution >= 0.6 is 23.2 Å². The predicted octanol–water partition coefficient (Wildman–Crippen LogP) is 3.08. The SMILES string of the molecule is CNCc1cc(Cl)cc(Cl)c1OCc1ncccn1. The molecule has 0 amide bonds. The minimum atomic E-state index is 0.263. The van der Waals surface area contributed by atoms with Crippen molar-refractivity contribution in [3.63, 3.8) is 0 Å². The fourth-order valence-corrected chi connectivity index (χ4v) is 2.23. The predicted molar refractivity (Wildman–Crippen MR) is 75.6 cm³/mol. The second kappa shape index (κ2) is 6.70. The van der Waals surface area contributed by atoms with Crippen molar-refractivity contribution in [2.45, 2.75) is 13.2 Å². The number of aromatic nitrogens is 2. The van der Waals surface area contributed by atoms with Gasteiger partial charge in [0.05, 0.1) is 5.02 Å². The molecule has 0 aliphatic rings. The summed E-state index contributed by atoms with van der Waals surface area (Å²) in [7, 11) is 1.85. The Balaban J connectivity index is 2.19. The summed E-state index contributed by atoms with van der Waals surface area (Å²) in [5, 5.41) is 4.11. The zero-order valence-electron chi connectivity index (χ0n) is 10.4. The minimum absolute atomic E-state index is 0.263. The average molecular weight is 298 g/mol.